The molecule has 2 fully saturated rings. The number of aromatic nitrogens is 1. The van der Waals surface area contributed by atoms with Crippen LogP contribution in [0.1, 0.15) is 50.1 Å². The zero-order valence-corrected chi connectivity index (χ0v) is 29.7. The first-order valence-corrected chi connectivity index (χ1v) is 17.0. The predicted molar refractivity (Wildman–Crippen MR) is 186 cm³/mol. The van der Waals surface area contributed by atoms with Gasteiger partial charge in [0, 0.05) is 41.8 Å². The van der Waals surface area contributed by atoms with Crippen LogP contribution >= 0.6 is 0 Å². The largest absolute Gasteiger partial charge is 0.463 e. The maximum atomic E-state index is 14.7. The van der Waals surface area contributed by atoms with Crippen LogP contribution in [0.2, 0.25) is 0 Å². The molecule has 2 aliphatic heterocycles. The van der Waals surface area contributed by atoms with Crippen LogP contribution in [0.25, 0.3) is 17.0 Å². The summed E-state index contributed by atoms with van der Waals surface area (Å²) in [6.07, 6.45) is -5.94. The molecule has 1 N–H and O–H groups in total. The number of nitrogens with zero attached hydrogens (tertiary/aromatic N) is 4. The minimum absolute atomic E-state index is 0.0753. The zero-order chi connectivity index (χ0) is 39.2. The summed E-state index contributed by atoms with van der Waals surface area (Å²) in [6.45, 7) is 5.24. The first-order chi connectivity index (χ1) is 25.4. The Bertz CT molecular complexity index is 2070. The van der Waals surface area contributed by atoms with E-state index in [2.05, 4.69) is 10.3 Å². The molecule has 0 bridgehead atoms. The van der Waals surface area contributed by atoms with Crippen LogP contribution in [0, 0.1) is 0 Å². The topological polar surface area (TPSA) is 108 Å². The molecule has 16 heteroatoms. The van der Waals surface area contributed by atoms with E-state index >= 15 is 0 Å². The highest BCUT2D eigenvalue weighted by atomic mass is 19.4. The maximum Gasteiger partial charge on any atom is 0.430 e. The number of rotatable bonds is 9. The van der Waals surface area contributed by atoms with Crippen molar-refractivity contribution in [1.29, 1.82) is 0 Å². The number of allylic oxidation sites excluding steroid dienone is 1. The standard InChI is InChI=1S/C38H37F6N5O5/c1-5-9-26-16-28(36(37(39,40)41,38(42,43)44)54-22-25-10-7-6-8-11-25)12-13-29(26)47-19-24(3)48(20-23(47)2)32(50)21-49-33(51)35(4,46-34(49)52)31-17-27-14-15-53-30(27)18-45-31/h5-18,23-24H,19-22H2,1-4H3,(H,46,52)/t23?,24?,35-/m1/s1. The molecule has 4 amide bonds. The molecule has 2 unspecified atom stereocenters. The number of benzene rings is 2. The van der Waals surface area contributed by atoms with Crippen molar-refractivity contribution in [1.82, 2.24) is 20.1 Å². The number of halogens is 6. The summed E-state index contributed by atoms with van der Waals surface area (Å²) in [5, 5.41) is 3.31. The van der Waals surface area contributed by atoms with Gasteiger partial charge in [-0.25, -0.2) is 4.79 Å². The second-order valence-corrected chi connectivity index (χ2v) is 13.6. The van der Waals surface area contributed by atoms with Gasteiger partial charge in [0.25, 0.3) is 11.5 Å². The van der Waals surface area contributed by atoms with E-state index in [1.165, 1.54) is 66.8 Å². The lowest BCUT2D eigenvalue weighted by atomic mass is 9.89. The van der Waals surface area contributed by atoms with Crippen LogP contribution in [-0.2, 0) is 32.1 Å². The van der Waals surface area contributed by atoms with Crippen LogP contribution in [0.3, 0.4) is 0 Å². The van der Waals surface area contributed by atoms with Gasteiger partial charge in [-0.05, 0) is 63.1 Å². The maximum absolute atomic E-state index is 14.7. The first kappa shape index (κ1) is 38.3. The Morgan fingerprint density at radius 1 is 1.00 bits per heavy atom. The van der Waals surface area contributed by atoms with Crippen molar-refractivity contribution in [3.05, 3.63) is 102 Å². The predicted octanol–water partition coefficient (Wildman–Crippen LogP) is 7.29. The fourth-order valence-electron chi connectivity index (χ4n) is 7.04. The third-order valence-corrected chi connectivity index (χ3v) is 9.91. The molecule has 10 nitrogen and oxygen atoms in total. The number of pyridine rings is 1. The van der Waals surface area contributed by atoms with E-state index in [4.69, 9.17) is 9.15 Å². The Kier molecular flexibility index (Phi) is 10.0. The number of fused-ring (bicyclic) bond motifs is 1. The highest BCUT2D eigenvalue weighted by Crippen LogP contribution is 2.54. The lowest BCUT2D eigenvalue weighted by molar-refractivity contribution is -0.392. The third kappa shape index (κ3) is 6.67. The lowest BCUT2D eigenvalue weighted by Gasteiger charge is -2.46. The number of urea groups is 1. The number of furan rings is 1. The Hall–Kier alpha value is -5.38. The second-order valence-electron chi connectivity index (χ2n) is 13.6. The number of piperazine rings is 1. The van der Waals surface area contributed by atoms with Crippen molar-refractivity contribution in [3.8, 4) is 0 Å². The fraction of sp³-hybridized carbons (Fsp3) is 0.368. The van der Waals surface area contributed by atoms with E-state index < -0.39 is 72.1 Å². The Morgan fingerprint density at radius 3 is 2.37 bits per heavy atom. The van der Waals surface area contributed by atoms with Crippen molar-refractivity contribution in [2.75, 3.05) is 24.5 Å². The lowest BCUT2D eigenvalue weighted by Crippen LogP contribution is -2.60. The number of imide groups is 1. The zero-order valence-electron chi connectivity index (χ0n) is 29.7. The van der Waals surface area contributed by atoms with Gasteiger partial charge in [0.15, 0.2) is 11.1 Å². The Balaban J connectivity index is 1.23. The average molecular weight is 758 g/mol. The molecule has 0 radical (unpaired) electrons. The van der Waals surface area contributed by atoms with E-state index in [1.807, 2.05) is 0 Å². The number of alkyl halides is 6. The summed E-state index contributed by atoms with van der Waals surface area (Å²) in [4.78, 5) is 48.7. The van der Waals surface area contributed by atoms with Gasteiger partial charge in [-0.1, -0.05) is 48.6 Å². The molecule has 0 aliphatic carbocycles. The minimum atomic E-state index is -5.88. The van der Waals surface area contributed by atoms with Gasteiger partial charge in [0.05, 0.1) is 24.8 Å². The van der Waals surface area contributed by atoms with Crippen LogP contribution in [0.4, 0.5) is 36.8 Å². The molecule has 2 aromatic carbocycles. The van der Waals surface area contributed by atoms with Crippen molar-refractivity contribution in [3.63, 3.8) is 0 Å². The number of amides is 4. The SMILES string of the molecule is CC=Cc1cc(C(OCc2ccccc2)(C(F)(F)F)C(F)(F)F)ccc1N1CC(C)N(C(=O)CN2C(=O)N[C@](C)(c3cc4ccoc4cn3)C2=O)CC1C. The van der Waals surface area contributed by atoms with Gasteiger partial charge in [-0.2, -0.15) is 26.3 Å². The minimum Gasteiger partial charge on any atom is -0.463 e. The molecule has 54 heavy (non-hydrogen) atoms. The number of anilines is 1. The van der Waals surface area contributed by atoms with Gasteiger partial charge < -0.3 is 24.3 Å². The quantitative estimate of drug-likeness (QED) is 0.141. The van der Waals surface area contributed by atoms with Gasteiger partial charge in [-0.15, -0.1) is 0 Å². The summed E-state index contributed by atoms with van der Waals surface area (Å²) >= 11 is 0. The van der Waals surface area contributed by atoms with Crippen molar-refractivity contribution >= 4 is 40.6 Å². The van der Waals surface area contributed by atoms with Crippen LogP contribution < -0.4 is 10.2 Å². The normalized spacial score (nSPS) is 21.4. The molecule has 3 atom stereocenters. The number of carbonyl (C=O) groups excluding carboxylic acids is 3. The highest BCUT2D eigenvalue weighted by Gasteiger charge is 2.73. The van der Waals surface area contributed by atoms with E-state index in [0.29, 0.717) is 16.7 Å². The number of hydrogen-bond acceptors (Lipinski definition) is 7. The molecule has 4 aromatic rings. The van der Waals surface area contributed by atoms with Crippen molar-refractivity contribution in [2.24, 2.45) is 0 Å². The molecule has 2 aliphatic rings. The first-order valence-electron chi connectivity index (χ1n) is 17.0. The van der Waals surface area contributed by atoms with Gasteiger partial charge >= 0.3 is 18.4 Å². The number of carbonyl (C=O) groups is 3. The average Bonchev–Trinajstić information content (AvgIpc) is 3.67. The van der Waals surface area contributed by atoms with Gasteiger partial charge in [-0.3, -0.25) is 19.5 Å². The Labute approximate surface area is 306 Å². The summed E-state index contributed by atoms with van der Waals surface area (Å²) < 4.78 is 98.1. The molecule has 0 spiro atoms. The molecule has 4 heterocycles. The molecule has 2 aromatic heterocycles. The third-order valence-electron chi connectivity index (χ3n) is 9.91. The molecular weight excluding hydrogens is 720 g/mol. The molecular formula is C38H37F6N5O5. The highest BCUT2D eigenvalue weighted by molar-refractivity contribution is 6.09. The van der Waals surface area contributed by atoms with E-state index in [-0.39, 0.29) is 29.9 Å². The van der Waals surface area contributed by atoms with Crippen LogP contribution in [0.5, 0.6) is 0 Å². The Morgan fingerprint density at radius 2 is 1.70 bits per heavy atom. The van der Waals surface area contributed by atoms with E-state index in [9.17, 15) is 40.7 Å². The van der Waals surface area contributed by atoms with E-state index in [1.54, 1.807) is 43.9 Å². The number of ether oxygens (including phenoxy) is 1. The molecule has 6 rings (SSSR count). The smallest absolute Gasteiger partial charge is 0.430 e. The second kappa shape index (κ2) is 14.1. The van der Waals surface area contributed by atoms with Crippen LogP contribution in [0.15, 0.2) is 83.6 Å². The number of nitrogens with one attached hydrogen (secondary N) is 1. The summed E-state index contributed by atoms with van der Waals surface area (Å²) in [7, 11) is 0. The summed E-state index contributed by atoms with van der Waals surface area (Å²) in [5.41, 5.74) is -6.01. The number of hydrogen-bond donors (Lipinski definition) is 1. The van der Waals surface area contributed by atoms with Crippen LogP contribution in [-0.4, -0.2) is 76.7 Å². The fourth-order valence-corrected chi connectivity index (χ4v) is 7.04. The molecule has 0 saturated carbocycles. The van der Waals surface area contributed by atoms with E-state index in [0.717, 1.165) is 17.0 Å². The van der Waals surface area contributed by atoms with Gasteiger partial charge in [0.1, 0.15) is 6.54 Å². The monoisotopic (exact) mass is 757 g/mol. The summed E-state index contributed by atoms with van der Waals surface area (Å²) in [5.74, 6) is -1.20. The molecule has 2 saturated heterocycles. The molecule has 286 valence electrons. The van der Waals surface area contributed by atoms with Crippen molar-refractivity contribution in [2.45, 2.75) is 69.9 Å². The van der Waals surface area contributed by atoms with Gasteiger partial charge in [0.2, 0.25) is 5.91 Å². The summed E-state index contributed by atoms with van der Waals surface area (Å²) in [6, 6.07) is 11.6. The van der Waals surface area contributed by atoms with Crippen molar-refractivity contribution < 1.29 is 49.9 Å².